The van der Waals surface area contributed by atoms with E-state index < -0.39 is 12.1 Å². The van der Waals surface area contributed by atoms with Crippen LogP contribution in [0.2, 0.25) is 0 Å². The van der Waals surface area contributed by atoms with Crippen molar-refractivity contribution in [2.24, 2.45) is 0 Å². The molecule has 1 aromatic rings. The number of para-hydroxylation sites is 1. The molecule has 0 saturated carbocycles. The van der Waals surface area contributed by atoms with Crippen LogP contribution >= 0.6 is 0 Å². The molecule has 5 nitrogen and oxygen atoms in total. The summed E-state index contributed by atoms with van der Waals surface area (Å²) in [6, 6.07) is 5.08. The summed E-state index contributed by atoms with van der Waals surface area (Å²) in [5, 5.41) is 8.75. The summed E-state index contributed by atoms with van der Waals surface area (Å²) in [6.07, 6.45) is -0.954. The van der Waals surface area contributed by atoms with E-state index in [4.69, 9.17) is 19.3 Å². The Bertz CT molecular complexity index is 387. The number of ether oxygens (including phenoxy) is 3. The van der Waals surface area contributed by atoms with Crippen molar-refractivity contribution in [3.63, 3.8) is 0 Å². The van der Waals surface area contributed by atoms with Gasteiger partial charge in [-0.05, 0) is 12.1 Å². The number of carboxylic acids is 1. The summed E-state index contributed by atoms with van der Waals surface area (Å²) < 4.78 is 15.6. The van der Waals surface area contributed by atoms with E-state index in [2.05, 4.69) is 0 Å². The molecule has 0 aromatic heterocycles. The van der Waals surface area contributed by atoms with Gasteiger partial charge in [0, 0.05) is 0 Å². The number of carbonyl (C=O) groups is 1. The van der Waals surface area contributed by atoms with E-state index in [1.807, 2.05) is 0 Å². The van der Waals surface area contributed by atoms with Crippen LogP contribution in [0.1, 0.15) is 0 Å². The van der Waals surface area contributed by atoms with Gasteiger partial charge in [-0.1, -0.05) is 6.07 Å². The standard InChI is InChI=1S/C10H10O5/c1-13-6-3-2-4-7-9(6)14-5-8(15-7)10(11)12/h2-4,8H,5H2,1H3,(H,11,12). The first-order valence-corrected chi connectivity index (χ1v) is 4.41. The molecule has 0 bridgehead atoms. The van der Waals surface area contributed by atoms with Gasteiger partial charge < -0.3 is 19.3 Å². The predicted octanol–water partition coefficient (Wildman–Crippen LogP) is 0.920. The van der Waals surface area contributed by atoms with Crippen molar-refractivity contribution in [3.05, 3.63) is 18.2 Å². The summed E-state index contributed by atoms with van der Waals surface area (Å²) >= 11 is 0. The maximum absolute atomic E-state index is 10.7. The summed E-state index contributed by atoms with van der Waals surface area (Å²) in [6.45, 7) is -0.0112. The minimum Gasteiger partial charge on any atom is -0.493 e. The third-order valence-electron chi connectivity index (χ3n) is 2.09. The molecular weight excluding hydrogens is 200 g/mol. The van der Waals surface area contributed by atoms with E-state index >= 15 is 0 Å². The molecule has 1 aliphatic rings. The van der Waals surface area contributed by atoms with Crippen molar-refractivity contribution in [1.82, 2.24) is 0 Å². The lowest BCUT2D eigenvalue weighted by molar-refractivity contribution is -0.147. The maximum atomic E-state index is 10.7. The number of aliphatic carboxylic acids is 1. The van der Waals surface area contributed by atoms with Gasteiger partial charge in [0.15, 0.2) is 11.5 Å². The number of methoxy groups -OCH3 is 1. The molecule has 5 heteroatoms. The third-order valence-corrected chi connectivity index (χ3v) is 2.09. The number of carboxylic acid groups (broad SMARTS) is 1. The Labute approximate surface area is 86.2 Å². The molecule has 15 heavy (non-hydrogen) atoms. The molecule has 2 rings (SSSR count). The fraction of sp³-hybridized carbons (Fsp3) is 0.300. The van der Waals surface area contributed by atoms with Crippen LogP contribution in [0.25, 0.3) is 0 Å². The van der Waals surface area contributed by atoms with Gasteiger partial charge in [0.1, 0.15) is 6.61 Å². The van der Waals surface area contributed by atoms with E-state index in [-0.39, 0.29) is 6.61 Å². The molecule has 1 aliphatic heterocycles. The highest BCUT2D eigenvalue weighted by molar-refractivity contribution is 5.74. The lowest BCUT2D eigenvalue weighted by Crippen LogP contribution is -2.36. The third kappa shape index (κ3) is 1.68. The number of benzene rings is 1. The summed E-state index contributed by atoms with van der Waals surface area (Å²) in [7, 11) is 1.52. The zero-order valence-corrected chi connectivity index (χ0v) is 8.10. The zero-order chi connectivity index (χ0) is 10.8. The Kier molecular flexibility index (Phi) is 2.37. The zero-order valence-electron chi connectivity index (χ0n) is 8.10. The van der Waals surface area contributed by atoms with E-state index in [1.165, 1.54) is 7.11 Å². The smallest absolute Gasteiger partial charge is 0.348 e. The van der Waals surface area contributed by atoms with Gasteiger partial charge >= 0.3 is 5.97 Å². The van der Waals surface area contributed by atoms with Crippen molar-refractivity contribution in [2.75, 3.05) is 13.7 Å². The predicted molar refractivity (Wildman–Crippen MR) is 50.5 cm³/mol. The number of rotatable bonds is 2. The first-order valence-electron chi connectivity index (χ1n) is 4.41. The lowest BCUT2D eigenvalue weighted by Gasteiger charge is -2.24. The van der Waals surface area contributed by atoms with Crippen LogP contribution in [0, 0.1) is 0 Å². The van der Waals surface area contributed by atoms with Gasteiger partial charge in [0.25, 0.3) is 0 Å². The molecule has 1 N–H and O–H groups in total. The second kappa shape index (κ2) is 3.68. The van der Waals surface area contributed by atoms with Gasteiger partial charge in [0.2, 0.25) is 11.9 Å². The SMILES string of the molecule is COc1cccc2c1OCC(C(=O)O)O2. The Morgan fingerprint density at radius 3 is 3.07 bits per heavy atom. The largest absolute Gasteiger partial charge is 0.493 e. The Hall–Kier alpha value is -1.91. The summed E-state index contributed by atoms with van der Waals surface area (Å²) in [5.41, 5.74) is 0. The van der Waals surface area contributed by atoms with Crippen molar-refractivity contribution in [3.8, 4) is 17.2 Å². The van der Waals surface area contributed by atoms with Crippen LogP contribution in [-0.2, 0) is 4.79 Å². The molecule has 0 spiro atoms. The second-order valence-corrected chi connectivity index (χ2v) is 3.04. The van der Waals surface area contributed by atoms with Crippen molar-refractivity contribution in [1.29, 1.82) is 0 Å². The highest BCUT2D eigenvalue weighted by Gasteiger charge is 2.28. The number of hydrogen-bond acceptors (Lipinski definition) is 4. The van der Waals surface area contributed by atoms with Crippen molar-refractivity contribution >= 4 is 5.97 Å². The average molecular weight is 210 g/mol. The monoisotopic (exact) mass is 210 g/mol. The molecule has 1 atom stereocenters. The Morgan fingerprint density at radius 1 is 1.60 bits per heavy atom. The van der Waals surface area contributed by atoms with Gasteiger partial charge in [-0.25, -0.2) is 4.79 Å². The fourth-order valence-electron chi connectivity index (χ4n) is 1.36. The van der Waals surface area contributed by atoms with Crippen LogP contribution in [0.4, 0.5) is 0 Å². The molecule has 0 radical (unpaired) electrons. The van der Waals surface area contributed by atoms with Crippen molar-refractivity contribution < 1.29 is 24.1 Å². The van der Waals surface area contributed by atoms with E-state index in [9.17, 15) is 4.79 Å². The number of hydrogen-bond donors (Lipinski definition) is 1. The van der Waals surface area contributed by atoms with Gasteiger partial charge in [-0.15, -0.1) is 0 Å². The number of fused-ring (bicyclic) bond motifs is 1. The maximum Gasteiger partial charge on any atom is 0.348 e. The Balaban J connectivity index is 2.31. The first kappa shape index (κ1) is 9.64. The highest BCUT2D eigenvalue weighted by Crippen LogP contribution is 2.39. The highest BCUT2D eigenvalue weighted by atomic mass is 16.6. The summed E-state index contributed by atoms with van der Waals surface area (Å²) in [4.78, 5) is 10.7. The van der Waals surface area contributed by atoms with Crippen LogP contribution in [0.15, 0.2) is 18.2 Å². The van der Waals surface area contributed by atoms with Crippen LogP contribution in [0.3, 0.4) is 0 Å². The minimum atomic E-state index is -1.04. The van der Waals surface area contributed by atoms with E-state index in [1.54, 1.807) is 18.2 Å². The summed E-state index contributed by atoms with van der Waals surface area (Å²) in [5.74, 6) is 0.352. The molecular formula is C10H10O5. The first-order chi connectivity index (χ1) is 7.22. The minimum absolute atomic E-state index is 0.0112. The molecule has 0 fully saturated rings. The quantitative estimate of drug-likeness (QED) is 0.786. The molecule has 0 saturated heterocycles. The van der Waals surface area contributed by atoms with Crippen LogP contribution < -0.4 is 14.2 Å². The molecule has 0 aliphatic carbocycles. The normalized spacial score (nSPS) is 18.3. The van der Waals surface area contributed by atoms with Gasteiger partial charge in [0.05, 0.1) is 7.11 Å². The van der Waals surface area contributed by atoms with Gasteiger partial charge in [-0.3, -0.25) is 0 Å². The molecule has 1 aromatic carbocycles. The van der Waals surface area contributed by atoms with Crippen LogP contribution in [0.5, 0.6) is 17.2 Å². The molecule has 1 heterocycles. The molecule has 80 valence electrons. The van der Waals surface area contributed by atoms with E-state index in [0.717, 1.165) is 0 Å². The van der Waals surface area contributed by atoms with E-state index in [0.29, 0.717) is 17.2 Å². The molecule has 1 unspecified atom stereocenters. The average Bonchev–Trinajstić information content (AvgIpc) is 2.27. The van der Waals surface area contributed by atoms with Crippen LogP contribution in [-0.4, -0.2) is 30.9 Å². The fourth-order valence-corrected chi connectivity index (χ4v) is 1.36. The van der Waals surface area contributed by atoms with Crippen molar-refractivity contribution in [2.45, 2.75) is 6.10 Å². The Morgan fingerprint density at radius 2 is 2.40 bits per heavy atom. The van der Waals surface area contributed by atoms with Gasteiger partial charge in [-0.2, -0.15) is 0 Å². The second-order valence-electron chi connectivity index (χ2n) is 3.04. The lowest BCUT2D eigenvalue weighted by atomic mass is 10.2. The topological polar surface area (TPSA) is 65.0 Å². The molecule has 0 amide bonds.